The van der Waals surface area contributed by atoms with Crippen molar-refractivity contribution in [3.8, 4) is 0 Å². The van der Waals surface area contributed by atoms with Gasteiger partial charge >= 0.3 is 0 Å². The summed E-state index contributed by atoms with van der Waals surface area (Å²) in [7, 11) is 0. The highest BCUT2D eigenvalue weighted by atomic mass is 32.1. The molecule has 4 N–H and O–H groups in total. The number of hydrogen-bond donors (Lipinski definition) is 2. The quantitative estimate of drug-likeness (QED) is 0.764. The van der Waals surface area contributed by atoms with Crippen molar-refractivity contribution >= 4 is 28.3 Å². The minimum absolute atomic E-state index is 0.201. The fourth-order valence-electron chi connectivity index (χ4n) is 1.75. The molecule has 1 saturated heterocycles. The predicted octanol–water partition coefficient (Wildman–Crippen LogP) is 0.0493. The molecule has 0 aliphatic carbocycles. The Morgan fingerprint density at radius 1 is 1.69 bits per heavy atom. The summed E-state index contributed by atoms with van der Waals surface area (Å²) in [6.07, 6.45) is 0. The van der Waals surface area contributed by atoms with Gasteiger partial charge in [0.25, 0.3) is 5.91 Å². The van der Waals surface area contributed by atoms with E-state index < -0.39 is 5.91 Å². The number of carbonyl (C=O) groups excluding carboxylic acids is 1. The van der Waals surface area contributed by atoms with Gasteiger partial charge in [-0.1, -0.05) is 0 Å². The number of nitrogens with zero attached hydrogens (tertiary/aromatic N) is 2. The van der Waals surface area contributed by atoms with Gasteiger partial charge in [0, 0.05) is 6.54 Å². The van der Waals surface area contributed by atoms with Crippen LogP contribution < -0.4 is 16.4 Å². The summed E-state index contributed by atoms with van der Waals surface area (Å²) in [6, 6.07) is 0.201. The van der Waals surface area contributed by atoms with E-state index in [9.17, 15) is 4.79 Å². The maximum absolute atomic E-state index is 11.3. The molecule has 1 atom stereocenters. The summed E-state index contributed by atoms with van der Waals surface area (Å²) in [5.41, 5.74) is 11.3. The lowest BCUT2D eigenvalue weighted by atomic mass is 10.2. The van der Waals surface area contributed by atoms with Crippen LogP contribution in [0.1, 0.15) is 17.3 Å². The number of aromatic nitrogens is 1. The summed E-state index contributed by atoms with van der Waals surface area (Å²) in [6.45, 7) is 4.03. The Kier molecular flexibility index (Phi) is 2.97. The Bertz CT molecular complexity index is 406. The van der Waals surface area contributed by atoms with Crippen molar-refractivity contribution in [2.24, 2.45) is 5.73 Å². The number of morpholine rings is 1. The number of amides is 1. The lowest BCUT2D eigenvalue weighted by Crippen LogP contribution is -2.44. The van der Waals surface area contributed by atoms with Crippen molar-refractivity contribution in [3.05, 3.63) is 5.56 Å². The second-order valence-electron chi connectivity index (χ2n) is 3.73. The molecule has 2 heterocycles. The van der Waals surface area contributed by atoms with Gasteiger partial charge in [-0.15, -0.1) is 0 Å². The topological polar surface area (TPSA) is 94.5 Å². The molecule has 0 radical (unpaired) electrons. The summed E-state index contributed by atoms with van der Waals surface area (Å²) < 4.78 is 9.32. The molecule has 2 rings (SSSR count). The highest BCUT2D eigenvalue weighted by molar-refractivity contribution is 7.11. The van der Waals surface area contributed by atoms with Crippen LogP contribution in [0.3, 0.4) is 0 Å². The molecule has 1 aliphatic rings. The number of carbonyl (C=O) groups is 1. The van der Waals surface area contributed by atoms with Gasteiger partial charge in [-0.3, -0.25) is 4.79 Å². The van der Waals surface area contributed by atoms with E-state index in [1.54, 1.807) is 0 Å². The van der Waals surface area contributed by atoms with Crippen molar-refractivity contribution in [1.82, 2.24) is 4.37 Å². The highest BCUT2D eigenvalue weighted by Crippen LogP contribution is 2.32. The van der Waals surface area contributed by atoms with E-state index >= 15 is 0 Å². The third kappa shape index (κ3) is 1.83. The van der Waals surface area contributed by atoms with Crippen LogP contribution in [0.5, 0.6) is 0 Å². The largest absolute Gasteiger partial charge is 0.382 e. The molecule has 7 heteroatoms. The van der Waals surface area contributed by atoms with Crippen molar-refractivity contribution < 1.29 is 9.53 Å². The van der Waals surface area contributed by atoms with Crippen LogP contribution in [-0.2, 0) is 4.74 Å². The number of hydrogen-bond acceptors (Lipinski definition) is 6. The molecule has 1 fully saturated rings. The summed E-state index contributed by atoms with van der Waals surface area (Å²) in [5.74, 6) is -0.314. The molecule has 1 unspecified atom stereocenters. The van der Waals surface area contributed by atoms with Crippen LogP contribution in [0, 0.1) is 0 Å². The van der Waals surface area contributed by atoms with Gasteiger partial charge in [-0.2, -0.15) is 4.37 Å². The summed E-state index contributed by atoms with van der Waals surface area (Å²) in [4.78, 5) is 13.4. The molecule has 1 aromatic heterocycles. The molecule has 0 bridgehead atoms. The third-order valence-corrected chi connectivity index (χ3v) is 3.47. The lowest BCUT2D eigenvalue weighted by Gasteiger charge is -2.34. The van der Waals surface area contributed by atoms with Crippen molar-refractivity contribution in [2.75, 3.05) is 30.4 Å². The van der Waals surface area contributed by atoms with E-state index in [1.807, 2.05) is 6.92 Å². The number of nitrogens with two attached hydrogens (primary N) is 2. The Morgan fingerprint density at radius 2 is 2.44 bits per heavy atom. The zero-order valence-corrected chi connectivity index (χ0v) is 9.79. The Morgan fingerprint density at radius 3 is 3.06 bits per heavy atom. The maximum atomic E-state index is 11.3. The minimum Gasteiger partial charge on any atom is -0.382 e. The van der Waals surface area contributed by atoms with Gasteiger partial charge in [-0.25, -0.2) is 0 Å². The van der Waals surface area contributed by atoms with Crippen LogP contribution in [0.15, 0.2) is 0 Å². The average Bonchev–Trinajstić information content (AvgIpc) is 2.61. The number of rotatable bonds is 2. The Labute approximate surface area is 97.3 Å². The van der Waals surface area contributed by atoms with Crippen molar-refractivity contribution in [1.29, 1.82) is 0 Å². The van der Waals surface area contributed by atoms with Gasteiger partial charge in [0.05, 0.1) is 19.3 Å². The molecule has 0 spiro atoms. The van der Waals surface area contributed by atoms with Crippen LogP contribution >= 0.6 is 11.5 Å². The number of ether oxygens (including phenoxy) is 1. The third-order valence-electron chi connectivity index (χ3n) is 2.58. The van der Waals surface area contributed by atoms with E-state index in [-0.39, 0.29) is 11.9 Å². The van der Waals surface area contributed by atoms with Gasteiger partial charge in [0.15, 0.2) is 5.82 Å². The minimum atomic E-state index is -0.528. The monoisotopic (exact) mass is 242 g/mol. The number of anilines is 2. The van der Waals surface area contributed by atoms with Crippen LogP contribution in [0.25, 0.3) is 0 Å². The van der Waals surface area contributed by atoms with Crippen LogP contribution in [-0.4, -0.2) is 36.1 Å². The number of nitrogen functional groups attached to an aromatic ring is 1. The van der Waals surface area contributed by atoms with Gasteiger partial charge in [-0.05, 0) is 18.5 Å². The highest BCUT2D eigenvalue weighted by Gasteiger charge is 2.27. The Balaban J connectivity index is 2.35. The molecular formula is C9H14N4O2S. The van der Waals surface area contributed by atoms with Gasteiger partial charge < -0.3 is 21.1 Å². The summed E-state index contributed by atoms with van der Waals surface area (Å²) >= 11 is 1.21. The smallest absolute Gasteiger partial charge is 0.255 e. The first-order chi connectivity index (χ1) is 7.61. The average molecular weight is 242 g/mol. The normalized spacial score (nSPS) is 21.1. The first-order valence-electron chi connectivity index (χ1n) is 5.00. The van der Waals surface area contributed by atoms with E-state index in [1.165, 1.54) is 11.5 Å². The summed E-state index contributed by atoms with van der Waals surface area (Å²) in [5, 5.41) is 0.751. The first-order valence-corrected chi connectivity index (χ1v) is 5.78. The van der Waals surface area contributed by atoms with Crippen LogP contribution in [0.2, 0.25) is 0 Å². The van der Waals surface area contributed by atoms with Crippen molar-refractivity contribution in [2.45, 2.75) is 13.0 Å². The predicted molar refractivity (Wildman–Crippen MR) is 62.7 cm³/mol. The van der Waals surface area contributed by atoms with Crippen LogP contribution in [0.4, 0.5) is 10.8 Å². The molecule has 0 aromatic carbocycles. The second-order valence-corrected chi connectivity index (χ2v) is 4.48. The molecule has 1 aromatic rings. The van der Waals surface area contributed by atoms with E-state index in [0.717, 1.165) is 11.5 Å². The standard InChI is InChI=1S/C9H14N4O2S/c1-5-4-15-3-2-13(5)9-6(8(11)14)7(10)12-16-9/h5H,2-4H2,1H3,(H2,10,12)(H2,11,14). The second kappa shape index (κ2) is 4.26. The molecule has 16 heavy (non-hydrogen) atoms. The Hall–Kier alpha value is -1.34. The maximum Gasteiger partial charge on any atom is 0.255 e. The van der Waals surface area contributed by atoms with Gasteiger partial charge in [0.2, 0.25) is 0 Å². The van der Waals surface area contributed by atoms with E-state index in [4.69, 9.17) is 16.2 Å². The zero-order valence-electron chi connectivity index (χ0n) is 8.97. The fourth-order valence-corrected chi connectivity index (χ4v) is 2.70. The molecule has 88 valence electrons. The molecular weight excluding hydrogens is 228 g/mol. The van der Waals surface area contributed by atoms with E-state index in [2.05, 4.69) is 9.27 Å². The first kappa shape index (κ1) is 11.2. The SMILES string of the molecule is CC1COCCN1c1snc(N)c1C(N)=O. The molecule has 6 nitrogen and oxygen atoms in total. The van der Waals surface area contributed by atoms with Crippen molar-refractivity contribution in [3.63, 3.8) is 0 Å². The molecule has 0 saturated carbocycles. The van der Waals surface area contributed by atoms with E-state index in [0.29, 0.717) is 18.8 Å². The molecule has 1 amide bonds. The number of primary amides is 1. The lowest BCUT2D eigenvalue weighted by molar-refractivity contribution is 0.0973. The molecule has 1 aliphatic heterocycles. The van der Waals surface area contributed by atoms with Gasteiger partial charge in [0.1, 0.15) is 10.6 Å². The zero-order chi connectivity index (χ0) is 11.7. The fraction of sp³-hybridized carbons (Fsp3) is 0.556.